The maximum absolute atomic E-state index is 13.1. The van der Waals surface area contributed by atoms with Crippen LogP contribution < -0.4 is 4.90 Å². The van der Waals surface area contributed by atoms with Crippen molar-refractivity contribution in [3.8, 4) is 0 Å². The summed E-state index contributed by atoms with van der Waals surface area (Å²) in [6, 6.07) is 7.84. The van der Waals surface area contributed by atoms with Gasteiger partial charge in [-0.2, -0.15) is 0 Å². The van der Waals surface area contributed by atoms with Gasteiger partial charge in [-0.1, -0.05) is 11.6 Å². The number of fused-ring (bicyclic) bond motifs is 1. The normalized spacial score (nSPS) is 17.9. The van der Waals surface area contributed by atoms with Gasteiger partial charge in [0.2, 0.25) is 0 Å². The van der Waals surface area contributed by atoms with Crippen LogP contribution in [-0.2, 0) is 19.6 Å². The SMILES string of the molecule is CN(C)c1ccc(C(=O)N2CCCn3nnc(CN4CCCCC4)c3C2)cc1. The second-order valence-electron chi connectivity index (χ2n) is 8.06. The van der Waals surface area contributed by atoms with Gasteiger partial charge in [-0.3, -0.25) is 9.69 Å². The van der Waals surface area contributed by atoms with Gasteiger partial charge in [-0.15, -0.1) is 5.10 Å². The third-order valence-electron chi connectivity index (χ3n) is 5.80. The van der Waals surface area contributed by atoms with Crippen LogP contribution in [0.2, 0.25) is 0 Å². The molecule has 0 spiro atoms. The first kappa shape index (κ1) is 18.9. The summed E-state index contributed by atoms with van der Waals surface area (Å²) in [6.45, 7) is 5.27. The number of carbonyl (C=O) groups excluding carboxylic acids is 1. The molecule has 2 aromatic rings. The number of hydrogen-bond acceptors (Lipinski definition) is 5. The number of benzene rings is 1. The molecule has 2 aliphatic rings. The summed E-state index contributed by atoms with van der Waals surface area (Å²) in [4.78, 5) is 19.6. The third kappa shape index (κ3) is 4.04. The first-order chi connectivity index (χ1) is 13.6. The second-order valence-corrected chi connectivity index (χ2v) is 8.06. The van der Waals surface area contributed by atoms with Crippen LogP contribution >= 0.6 is 0 Å². The minimum absolute atomic E-state index is 0.0869. The zero-order chi connectivity index (χ0) is 19.5. The highest BCUT2D eigenvalue weighted by Gasteiger charge is 2.25. The minimum Gasteiger partial charge on any atom is -0.378 e. The molecule has 1 fully saturated rings. The van der Waals surface area contributed by atoms with Gasteiger partial charge in [0, 0.05) is 45.0 Å². The predicted octanol–water partition coefficient (Wildman–Crippen LogP) is 2.38. The number of amides is 1. The Kier molecular flexibility index (Phi) is 5.62. The summed E-state index contributed by atoms with van der Waals surface area (Å²) in [5, 5.41) is 8.84. The van der Waals surface area contributed by atoms with Gasteiger partial charge in [-0.25, -0.2) is 4.68 Å². The Labute approximate surface area is 166 Å². The van der Waals surface area contributed by atoms with E-state index in [-0.39, 0.29) is 5.91 Å². The molecule has 4 rings (SSSR count). The van der Waals surface area contributed by atoms with Crippen molar-refractivity contribution < 1.29 is 4.79 Å². The Morgan fingerprint density at radius 2 is 1.75 bits per heavy atom. The van der Waals surface area contributed by atoms with Crippen LogP contribution in [0.1, 0.15) is 47.4 Å². The lowest BCUT2D eigenvalue weighted by atomic mass is 10.1. The van der Waals surface area contributed by atoms with Crippen LogP contribution in [0.5, 0.6) is 0 Å². The first-order valence-corrected chi connectivity index (χ1v) is 10.3. The number of hydrogen-bond donors (Lipinski definition) is 0. The van der Waals surface area contributed by atoms with Crippen molar-refractivity contribution >= 4 is 11.6 Å². The average molecular weight is 383 g/mol. The fraction of sp³-hybridized carbons (Fsp3) is 0.571. The smallest absolute Gasteiger partial charge is 0.254 e. The minimum atomic E-state index is 0.0869. The second kappa shape index (κ2) is 8.31. The van der Waals surface area contributed by atoms with E-state index in [4.69, 9.17) is 0 Å². The Bertz CT molecular complexity index is 807. The molecule has 0 unspecified atom stereocenters. The number of aryl methyl sites for hydroxylation is 1. The summed E-state index contributed by atoms with van der Waals surface area (Å²) < 4.78 is 2.00. The van der Waals surface area contributed by atoms with Crippen LogP contribution in [0.25, 0.3) is 0 Å². The molecular formula is C21H30N6O. The molecule has 1 saturated heterocycles. The van der Waals surface area contributed by atoms with Gasteiger partial charge < -0.3 is 9.80 Å². The molecule has 0 aliphatic carbocycles. The van der Waals surface area contributed by atoms with E-state index in [0.29, 0.717) is 6.54 Å². The number of piperidine rings is 1. The molecule has 3 heterocycles. The van der Waals surface area contributed by atoms with Gasteiger partial charge in [0.15, 0.2) is 0 Å². The highest BCUT2D eigenvalue weighted by molar-refractivity contribution is 5.94. The van der Waals surface area contributed by atoms with Crippen molar-refractivity contribution in [3.63, 3.8) is 0 Å². The largest absolute Gasteiger partial charge is 0.378 e. The number of carbonyl (C=O) groups is 1. The highest BCUT2D eigenvalue weighted by Crippen LogP contribution is 2.21. The number of rotatable bonds is 4. The maximum Gasteiger partial charge on any atom is 0.254 e. The fourth-order valence-corrected chi connectivity index (χ4v) is 4.10. The molecule has 1 aromatic carbocycles. The Hall–Kier alpha value is -2.41. The molecule has 0 N–H and O–H groups in total. The summed E-state index contributed by atoms with van der Waals surface area (Å²) >= 11 is 0. The van der Waals surface area contributed by atoms with Crippen LogP contribution in [-0.4, -0.2) is 64.4 Å². The van der Waals surface area contributed by atoms with Gasteiger partial charge >= 0.3 is 0 Å². The quantitative estimate of drug-likeness (QED) is 0.813. The predicted molar refractivity (Wildman–Crippen MR) is 109 cm³/mol. The summed E-state index contributed by atoms with van der Waals surface area (Å²) in [5.74, 6) is 0.0869. The maximum atomic E-state index is 13.1. The lowest BCUT2D eigenvalue weighted by Gasteiger charge is -2.26. The lowest BCUT2D eigenvalue weighted by molar-refractivity contribution is 0.0745. The average Bonchev–Trinajstić information content (AvgIpc) is 2.96. The molecule has 0 bridgehead atoms. The van der Waals surface area contributed by atoms with Crippen molar-refractivity contribution in [3.05, 3.63) is 41.2 Å². The summed E-state index contributed by atoms with van der Waals surface area (Å²) in [6.07, 6.45) is 4.75. The van der Waals surface area contributed by atoms with Gasteiger partial charge in [0.25, 0.3) is 5.91 Å². The Morgan fingerprint density at radius 1 is 1.00 bits per heavy atom. The van der Waals surface area contributed by atoms with Crippen molar-refractivity contribution in [1.82, 2.24) is 24.8 Å². The van der Waals surface area contributed by atoms with E-state index in [9.17, 15) is 4.79 Å². The summed E-state index contributed by atoms with van der Waals surface area (Å²) in [7, 11) is 4.01. The van der Waals surface area contributed by atoms with Crippen molar-refractivity contribution in [2.24, 2.45) is 0 Å². The topological polar surface area (TPSA) is 57.5 Å². The first-order valence-electron chi connectivity index (χ1n) is 10.3. The van der Waals surface area contributed by atoms with E-state index in [0.717, 1.165) is 61.8 Å². The van der Waals surface area contributed by atoms with Crippen molar-refractivity contribution in [2.75, 3.05) is 38.6 Å². The van der Waals surface area contributed by atoms with E-state index in [1.807, 2.05) is 52.8 Å². The highest BCUT2D eigenvalue weighted by atomic mass is 16.2. The Balaban J connectivity index is 1.50. The van der Waals surface area contributed by atoms with E-state index < -0.39 is 0 Å². The van der Waals surface area contributed by atoms with Crippen LogP contribution in [0.3, 0.4) is 0 Å². The molecule has 0 radical (unpaired) electrons. The Morgan fingerprint density at radius 3 is 2.46 bits per heavy atom. The molecule has 2 aliphatic heterocycles. The standard InChI is InChI=1S/C21H30N6O/c1-24(2)18-9-7-17(8-10-18)21(28)26-13-6-14-27-20(16-26)19(22-23-27)15-25-11-4-3-5-12-25/h7-10H,3-6,11-16H2,1-2H3. The number of anilines is 1. The molecule has 0 saturated carbocycles. The number of nitrogens with zero attached hydrogens (tertiary/aromatic N) is 6. The molecule has 7 nitrogen and oxygen atoms in total. The zero-order valence-electron chi connectivity index (χ0n) is 17.0. The molecule has 1 aromatic heterocycles. The molecule has 0 atom stereocenters. The van der Waals surface area contributed by atoms with Crippen molar-refractivity contribution in [2.45, 2.75) is 45.3 Å². The van der Waals surface area contributed by atoms with Crippen molar-refractivity contribution in [1.29, 1.82) is 0 Å². The van der Waals surface area contributed by atoms with E-state index in [1.165, 1.54) is 19.3 Å². The molecular weight excluding hydrogens is 352 g/mol. The van der Waals surface area contributed by atoms with E-state index in [2.05, 4.69) is 15.2 Å². The van der Waals surface area contributed by atoms with Gasteiger partial charge in [0.1, 0.15) is 5.69 Å². The molecule has 28 heavy (non-hydrogen) atoms. The fourth-order valence-electron chi connectivity index (χ4n) is 4.10. The van der Waals surface area contributed by atoms with Crippen LogP contribution in [0.4, 0.5) is 5.69 Å². The summed E-state index contributed by atoms with van der Waals surface area (Å²) in [5.41, 5.74) is 3.97. The molecule has 7 heteroatoms. The van der Waals surface area contributed by atoms with E-state index in [1.54, 1.807) is 0 Å². The monoisotopic (exact) mass is 382 g/mol. The van der Waals surface area contributed by atoms with Crippen LogP contribution in [0, 0.1) is 0 Å². The lowest BCUT2D eigenvalue weighted by Crippen LogP contribution is -2.32. The number of aromatic nitrogens is 3. The number of likely N-dealkylation sites (tertiary alicyclic amines) is 1. The van der Waals surface area contributed by atoms with Gasteiger partial charge in [0.05, 0.1) is 12.2 Å². The molecule has 1 amide bonds. The molecule has 150 valence electrons. The van der Waals surface area contributed by atoms with E-state index >= 15 is 0 Å². The van der Waals surface area contributed by atoms with Crippen LogP contribution in [0.15, 0.2) is 24.3 Å². The zero-order valence-corrected chi connectivity index (χ0v) is 17.0. The third-order valence-corrected chi connectivity index (χ3v) is 5.80. The van der Waals surface area contributed by atoms with Gasteiger partial charge in [-0.05, 0) is 56.6 Å².